The Morgan fingerprint density at radius 3 is 1.12 bits per heavy atom. The third-order valence-electron chi connectivity index (χ3n) is 21.1. The van der Waals surface area contributed by atoms with E-state index in [2.05, 4.69) is 96.3 Å². The molecular weight excluding hydrogens is 1940 g/mol. The molecule has 20 nitrogen and oxygen atoms in total. The summed E-state index contributed by atoms with van der Waals surface area (Å²) in [5.74, 6) is -0.537. The maximum atomic E-state index is 13.4. The van der Waals surface area contributed by atoms with Gasteiger partial charge in [0.2, 0.25) is 11.2 Å². The van der Waals surface area contributed by atoms with Crippen LogP contribution in [0.4, 0.5) is 5.95 Å². The standard InChI is InChI=1S/C33H40ClN5O3S.C26H25Cl2N3O3S.C22H23BrClNO3S.C4H2ClN2.3C4H9.Sn/c1-8-41-31(40)28(42-33(5,6)7)26-21(4)19-25-29(27(26)22-9-11-23(34)12-10-22)43-30(36-25)24-13-14-35-32(37-24)39-17-15-38(16-18-39)20(2)3;1-6-33-24(32)21(34-26(3,4)5)19-14(2)13-18-22(20(19)15-7-9-16(27)10-8-15)35-23(30-18)17-11-12-29-25(28)31-17;1-6-27-20(26)18(28-22(3,4)5)16-12(2)11-15-19(29-21(23)25-15)17(16)13-7-9-14(24)10-8-13;5-4-6-2-1-3-7-4;3*1-3-4-2;/h9-14,19-20,28H,8,15-18H2,1-7H3;7-13,21H,6H2,1-5H3;7-11,18H,6H2,1-5H3;1-2H;3*1,3-4H2,2H3;/t28-;21-;18-;;;;;/m000...../s1. The van der Waals surface area contributed by atoms with Crippen molar-refractivity contribution < 1.29 is 42.8 Å². The van der Waals surface area contributed by atoms with Crippen LogP contribution in [0.2, 0.25) is 38.9 Å². The van der Waals surface area contributed by atoms with Gasteiger partial charge in [-0.05, 0) is 245 Å². The van der Waals surface area contributed by atoms with Crippen LogP contribution in [0.1, 0.15) is 208 Å². The molecule has 3 atom stereocenters. The number of aryl methyl sites for hydroxylation is 3. The maximum Gasteiger partial charge on any atom is 0.339 e. The van der Waals surface area contributed by atoms with Gasteiger partial charge in [0.25, 0.3) is 0 Å². The Bertz CT molecular complexity index is 5700. The number of aromatic nitrogens is 9. The van der Waals surface area contributed by atoms with Crippen molar-refractivity contribution in [3.05, 3.63) is 191 Å². The Labute approximate surface area is 797 Å². The minimum atomic E-state index is -2.37. The Hall–Kier alpha value is -6.99. The third kappa shape index (κ3) is 27.4. The van der Waals surface area contributed by atoms with Crippen LogP contribution in [0.15, 0.2) is 132 Å². The van der Waals surface area contributed by atoms with Crippen molar-refractivity contribution in [2.75, 3.05) is 50.9 Å². The van der Waals surface area contributed by atoms with Gasteiger partial charge in [0.1, 0.15) is 21.4 Å². The number of hydrogen-bond acceptors (Lipinski definition) is 23. The van der Waals surface area contributed by atoms with Gasteiger partial charge < -0.3 is 33.3 Å². The van der Waals surface area contributed by atoms with Crippen LogP contribution >= 0.6 is 108 Å². The molecule has 1 aliphatic heterocycles. The molecule has 13 rings (SSSR count). The van der Waals surface area contributed by atoms with E-state index < -0.39 is 71.4 Å². The van der Waals surface area contributed by atoms with Crippen LogP contribution < -0.4 is 8.61 Å². The number of piperazine rings is 1. The predicted octanol–water partition coefficient (Wildman–Crippen LogP) is 27.1. The number of halogens is 6. The van der Waals surface area contributed by atoms with E-state index in [1.54, 1.807) is 44.4 Å². The molecule has 0 bridgehead atoms. The third-order valence-corrected chi connectivity index (χ3v) is 41.1. The van der Waals surface area contributed by atoms with Gasteiger partial charge in [0.15, 0.2) is 22.2 Å². The second kappa shape index (κ2) is 46.4. The predicted molar refractivity (Wildman–Crippen MR) is 530 cm³/mol. The molecule has 0 N–H and O–H groups in total. The number of carbonyl (C=O) groups is 3. The first-order chi connectivity index (χ1) is 60.3. The minimum absolute atomic E-state index is 0.150. The minimum Gasteiger partial charge on any atom is -0.464 e. The number of esters is 3. The largest absolute Gasteiger partial charge is 0.464 e. The summed E-state index contributed by atoms with van der Waals surface area (Å²) in [6.07, 6.45) is 10.5. The zero-order valence-corrected chi connectivity index (χ0v) is 87.0. The summed E-state index contributed by atoms with van der Waals surface area (Å²) >= 11 is 36.4. The number of benzene rings is 6. The van der Waals surface area contributed by atoms with Crippen LogP contribution in [-0.4, -0.2) is 155 Å². The SMILES string of the molecule is CCC[CH2][Sn]([CH2]CCC)([CH2]CCC)[c]1ccnc(Cl)n1.CCOC(=O)[C@@H](OC(C)(C)C)c1c(C)cc2nc(-c3ccnc(Cl)n3)sc2c1-c1ccc(Cl)cc1.CCOC(=O)[C@@H](OC(C)(C)C)c1c(C)cc2nc(-c3ccnc(N4CCN(C(C)C)CC4)n3)sc2c1-c1ccc(Cl)cc1.CCOC(=O)[C@@H](OC(C)(C)C)c1c(C)cc2nc(Br)sc2c1-c1ccc(Cl)cc1. The average molecular weight is 2050 g/mol. The Balaban J connectivity index is 0.000000182. The zero-order chi connectivity index (χ0) is 92.4. The van der Waals surface area contributed by atoms with Crippen molar-refractivity contribution >= 4 is 185 Å². The van der Waals surface area contributed by atoms with Crippen molar-refractivity contribution in [1.29, 1.82) is 0 Å². The summed E-state index contributed by atoms with van der Waals surface area (Å²) in [6.45, 7) is 44.5. The molecule has 1 fully saturated rings. The summed E-state index contributed by atoms with van der Waals surface area (Å²) in [7, 11) is 0. The van der Waals surface area contributed by atoms with Gasteiger partial charge in [-0.15, -0.1) is 34.0 Å². The van der Waals surface area contributed by atoms with Crippen molar-refractivity contribution in [3.8, 4) is 54.8 Å². The van der Waals surface area contributed by atoms with Crippen molar-refractivity contribution in [2.24, 2.45) is 0 Å². The molecule has 0 amide bonds. The van der Waals surface area contributed by atoms with Gasteiger partial charge >= 0.3 is 152 Å². The molecule has 6 aromatic carbocycles. The fourth-order valence-electron chi connectivity index (χ4n) is 15.4. The molecule has 7 heterocycles. The fourth-order valence-corrected chi connectivity index (χ4v) is 35.3. The van der Waals surface area contributed by atoms with Crippen LogP contribution in [-0.2, 0) is 42.8 Å². The second-order valence-corrected chi connectivity index (χ2v) is 53.8. The normalized spacial score (nSPS) is 13.5. The van der Waals surface area contributed by atoms with Gasteiger partial charge in [-0.3, -0.25) is 4.90 Å². The summed E-state index contributed by atoms with van der Waals surface area (Å²) < 4.78 is 44.5. The quantitative estimate of drug-likeness (QED) is 0.0184. The van der Waals surface area contributed by atoms with Crippen molar-refractivity contribution in [3.63, 3.8) is 0 Å². The molecule has 0 aliphatic carbocycles. The number of rotatable bonds is 29. The molecule has 6 aromatic heterocycles. The van der Waals surface area contributed by atoms with E-state index in [1.807, 2.05) is 193 Å². The average Bonchev–Trinajstić information content (AvgIpc) is 1.67. The van der Waals surface area contributed by atoms with Gasteiger partial charge in [-0.2, -0.15) is 0 Å². The number of thiazole rings is 3. The summed E-state index contributed by atoms with van der Waals surface area (Å²) in [4.78, 5) is 85.3. The van der Waals surface area contributed by atoms with Crippen LogP contribution in [0.25, 0.3) is 85.4 Å². The van der Waals surface area contributed by atoms with Gasteiger partial charge in [0, 0.05) is 93.1 Å². The zero-order valence-electron chi connectivity index (χ0n) is 76.3. The van der Waals surface area contributed by atoms with Gasteiger partial charge in [-0.25, -0.2) is 49.3 Å². The first-order valence-corrected chi connectivity index (χ1v) is 56.0. The van der Waals surface area contributed by atoms with Gasteiger partial charge in [0.05, 0.1) is 67.3 Å². The van der Waals surface area contributed by atoms with Crippen molar-refractivity contribution in [2.45, 2.75) is 231 Å². The van der Waals surface area contributed by atoms with E-state index in [-0.39, 0.29) is 25.1 Å². The van der Waals surface area contributed by atoms with Crippen LogP contribution in [0, 0.1) is 20.8 Å². The van der Waals surface area contributed by atoms with E-state index in [4.69, 9.17) is 101 Å². The number of anilines is 1. The first kappa shape index (κ1) is 102. The summed E-state index contributed by atoms with van der Waals surface area (Å²) in [6, 6.07) is 35.1. The molecule has 0 saturated carbocycles. The maximum absolute atomic E-state index is 13.4. The summed E-state index contributed by atoms with van der Waals surface area (Å²) in [5.41, 5.74) is 12.5. The Morgan fingerprint density at radius 1 is 0.441 bits per heavy atom. The molecule has 1 saturated heterocycles. The molecule has 678 valence electrons. The fraction of sp³-hybridized carbons (Fsp3) is 0.443. The van der Waals surface area contributed by atoms with Crippen LogP contribution in [0.5, 0.6) is 0 Å². The number of unbranched alkanes of at least 4 members (excludes halogenated alkanes) is 3. The number of ether oxygens (including phenoxy) is 6. The van der Waals surface area contributed by atoms with E-state index >= 15 is 0 Å². The Kier molecular flexibility index (Phi) is 37.3. The van der Waals surface area contributed by atoms with E-state index in [1.165, 1.54) is 78.2 Å². The first-order valence-electron chi connectivity index (χ1n) is 43.4. The molecular formula is C97H117BrCl5N11O9S3Sn. The van der Waals surface area contributed by atoms with E-state index in [0.29, 0.717) is 37.1 Å². The van der Waals surface area contributed by atoms with E-state index in [0.717, 1.165) is 144 Å². The topological polar surface area (TPSA) is 229 Å². The number of fused-ring (bicyclic) bond motifs is 3. The number of hydrogen-bond donors (Lipinski definition) is 0. The molecule has 0 spiro atoms. The molecule has 0 unspecified atom stereocenters. The molecule has 0 radical (unpaired) electrons. The van der Waals surface area contributed by atoms with Crippen LogP contribution in [0.3, 0.4) is 0 Å². The molecule has 12 aromatic rings. The van der Waals surface area contributed by atoms with Crippen molar-refractivity contribution in [1.82, 2.24) is 49.8 Å². The molecule has 1 aliphatic rings. The number of nitrogens with zero attached hydrogens (tertiary/aromatic N) is 11. The number of carbonyl (C=O) groups excluding carboxylic acids is 3. The van der Waals surface area contributed by atoms with Gasteiger partial charge in [-0.1, -0.05) is 71.2 Å². The summed E-state index contributed by atoms with van der Waals surface area (Å²) in [5, 5.41) is 3.97. The van der Waals surface area contributed by atoms with E-state index in [9.17, 15) is 14.4 Å². The molecule has 127 heavy (non-hydrogen) atoms. The Morgan fingerprint density at radius 2 is 0.780 bits per heavy atom. The molecule has 30 heteroatoms. The second-order valence-electron chi connectivity index (χ2n) is 34.5. The monoisotopic (exact) mass is 2050 g/mol. The smallest absolute Gasteiger partial charge is 0.339 e.